The van der Waals surface area contributed by atoms with Crippen LogP contribution >= 0.6 is 22.9 Å². The van der Waals surface area contributed by atoms with Gasteiger partial charge >= 0.3 is 0 Å². The van der Waals surface area contributed by atoms with Gasteiger partial charge in [-0.25, -0.2) is 13.4 Å². The van der Waals surface area contributed by atoms with Crippen LogP contribution in [0.1, 0.15) is 5.69 Å². The third kappa shape index (κ3) is 4.82. The summed E-state index contributed by atoms with van der Waals surface area (Å²) in [6.07, 6.45) is 0. The van der Waals surface area contributed by atoms with Gasteiger partial charge in [-0.05, 0) is 18.2 Å². The summed E-state index contributed by atoms with van der Waals surface area (Å²) in [5, 5.41) is 5.38. The molecule has 1 fully saturated rings. The Hall–Kier alpha value is -2.83. The summed E-state index contributed by atoms with van der Waals surface area (Å²) >= 11 is 7.49. The highest BCUT2D eigenvalue weighted by molar-refractivity contribution is 7.89. The third-order valence-electron chi connectivity index (χ3n) is 5.80. The molecule has 0 bridgehead atoms. The van der Waals surface area contributed by atoms with Crippen LogP contribution in [0.5, 0.6) is 5.75 Å². The van der Waals surface area contributed by atoms with Crippen LogP contribution in [-0.4, -0.2) is 65.5 Å². The molecule has 1 aliphatic rings. The van der Waals surface area contributed by atoms with E-state index in [4.69, 9.17) is 16.3 Å². The summed E-state index contributed by atoms with van der Waals surface area (Å²) in [6, 6.07) is 15.6. The number of nitrogens with zero attached hydrogens (tertiary/aromatic N) is 5. The SMILES string of the molecule is COc1ccc(S(=O)(=O)N2CCN(Cc3cc(=O)n4nc(-c5ccccc5)sc4n3)CC2)cc1Cl. The van der Waals surface area contributed by atoms with E-state index in [1.807, 2.05) is 30.3 Å². The van der Waals surface area contributed by atoms with Gasteiger partial charge in [0.1, 0.15) is 10.8 Å². The van der Waals surface area contributed by atoms with Crippen molar-refractivity contribution in [1.29, 1.82) is 0 Å². The number of hydrogen-bond donors (Lipinski definition) is 0. The second-order valence-corrected chi connectivity index (χ2v) is 11.3. The summed E-state index contributed by atoms with van der Waals surface area (Å²) in [7, 11) is -2.19. The van der Waals surface area contributed by atoms with Crippen LogP contribution in [0, 0.1) is 0 Å². The molecule has 1 saturated heterocycles. The quantitative estimate of drug-likeness (QED) is 0.377. The Bertz CT molecular complexity index is 1530. The zero-order chi connectivity index (χ0) is 24.6. The number of sulfonamides is 1. The molecule has 0 amide bonds. The number of fused-ring (bicyclic) bond motifs is 1. The first-order chi connectivity index (χ1) is 16.8. The standard InChI is InChI=1S/C23H22ClN5O4S2/c1-33-20-8-7-18(14-19(20)24)35(31,32)28-11-9-27(10-12-28)15-17-13-21(30)29-23(25-17)34-22(26-29)16-5-3-2-4-6-16/h2-8,13-14H,9-12,15H2,1H3. The molecule has 9 nitrogen and oxygen atoms in total. The van der Waals surface area contributed by atoms with Crippen molar-refractivity contribution in [2.24, 2.45) is 0 Å². The molecule has 2 aromatic heterocycles. The first kappa shape index (κ1) is 23.9. The molecule has 12 heteroatoms. The first-order valence-corrected chi connectivity index (χ1v) is 13.5. The van der Waals surface area contributed by atoms with E-state index in [1.54, 1.807) is 6.07 Å². The van der Waals surface area contributed by atoms with Crippen LogP contribution in [0.25, 0.3) is 15.5 Å². The second-order valence-electron chi connectivity index (χ2n) is 8.03. The van der Waals surface area contributed by atoms with Crippen LogP contribution < -0.4 is 10.3 Å². The fourth-order valence-corrected chi connectivity index (χ4v) is 6.65. The molecule has 0 saturated carbocycles. The second kappa shape index (κ2) is 9.67. The third-order valence-corrected chi connectivity index (χ3v) is 8.94. The normalized spacial score (nSPS) is 15.5. The van der Waals surface area contributed by atoms with E-state index >= 15 is 0 Å². The Balaban J connectivity index is 1.28. The van der Waals surface area contributed by atoms with E-state index in [2.05, 4.69) is 15.0 Å². The minimum Gasteiger partial charge on any atom is -0.495 e. The van der Waals surface area contributed by atoms with Crippen LogP contribution in [0.4, 0.5) is 0 Å². The lowest BCUT2D eigenvalue weighted by molar-refractivity contribution is 0.180. The van der Waals surface area contributed by atoms with E-state index in [1.165, 1.54) is 45.5 Å². The van der Waals surface area contributed by atoms with Crippen LogP contribution in [0.2, 0.25) is 5.02 Å². The molecule has 35 heavy (non-hydrogen) atoms. The van der Waals surface area contributed by atoms with Crippen molar-refractivity contribution in [2.75, 3.05) is 33.3 Å². The fraction of sp³-hybridized carbons (Fsp3) is 0.261. The Kier molecular flexibility index (Phi) is 6.60. The maximum atomic E-state index is 13.1. The fourth-order valence-electron chi connectivity index (χ4n) is 3.95. The molecule has 3 heterocycles. The Morgan fingerprint density at radius 1 is 1.06 bits per heavy atom. The monoisotopic (exact) mass is 531 g/mol. The number of rotatable bonds is 6. The molecule has 0 radical (unpaired) electrons. The predicted octanol–water partition coefficient (Wildman–Crippen LogP) is 2.99. The average Bonchev–Trinajstić information content (AvgIpc) is 3.30. The number of ether oxygens (including phenoxy) is 1. The van der Waals surface area contributed by atoms with Gasteiger partial charge < -0.3 is 4.74 Å². The maximum Gasteiger partial charge on any atom is 0.275 e. The molecule has 4 aromatic rings. The van der Waals surface area contributed by atoms with Gasteiger partial charge in [-0.15, -0.1) is 0 Å². The van der Waals surface area contributed by atoms with Crippen LogP contribution in [0.3, 0.4) is 0 Å². The van der Waals surface area contributed by atoms with Gasteiger partial charge in [0, 0.05) is 44.4 Å². The van der Waals surface area contributed by atoms with Crippen LogP contribution in [0.15, 0.2) is 64.3 Å². The predicted molar refractivity (Wildman–Crippen MR) is 135 cm³/mol. The summed E-state index contributed by atoms with van der Waals surface area (Å²) in [4.78, 5) is 20.0. The maximum absolute atomic E-state index is 13.1. The summed E-state index contributed by atoms with van der Waals surface area (Å²) in [6.45, 7) is 2.13. The van der Waals surface area contributed by atoms with Crippen molar-refractivity contribution in [3.63, 3.8) is 0 Å². The number of aromatic nitrogens is 3. The van der Waals surface area contributed by atoms with Gasteiger partial charge in [0.25, 0.3) is 5.56 Å². The van der Waals surface area contributed by atoms with Crippen molar-refractivity contribution in [1.82, 2.24) is 23.8 Å². The smallest absolute Gasteiger partial charge is 0.275 e. The van der Waals surface area contributed by atoms with E-state index in [0.29, 0.717) is 49.1 Å². The van der Waals surface area contributed by atoms with Crippen LogP contribution in [-0.2, 0) is 16.6 Å². The number of benzene rings is 2. The van der Waals surface area contributed by atoms with Crippen molar-refractivity contribution < 1.29 is 13.2 Å². The van der Waals surface area contributed by atoms with E-state index in [-0.39, 0.29) is 15.5 Å². The van der Waals surface area contributed by atoms with Gasteiger partial charge in [0.2, 0.25) is 15.0 Å². The molecule has 0 atom stereocenters. The number of halogens is 1. The summed E-state index contributed by atoms with van der Waals surface area (Å²) in [5.74, 6) is 0.424. The summed E-state index contributed by atoms with van der Waals surface area (Å²) < 4.78 is 34.0. The molecule has 1 aliphatic heterocycles. The molecule has 0 unspecified atom stereocenters. The van der Waals surface area contributed by atoms with Crippen molar-refractivity contribution >= 4 is 37.9 Å². The molecule has 0 aliphatic carbocycles. The zero-order valence-corrected chi connectivity index (χ0v) is 21.2. The highest BCUT2D eigenvalue weighted by atomic mass is 35.5. The largest absolute Gasteiger partial charge is 0.495 e. The molecule has 5 rings (SSSR count). The van der Waals surface area contributed by atoms with Gasteiger partial charge in [-0.1, -0.05) is 53.3 Å². The minimum absolute atomic E-state index is 0.135. The van der Waals surface area contributed by atoms with E-state index < -0.39 is 10.0 Å². The van der Waals surface area contributed by atoms with Crippen molar-refractivity contribution in [3.05, 3.63) is 75.7 Å². The van der Waals surface area contributed by atoms with Crippen molar-refractivity contribution in [3.8, 4) is 16.3 Å². The van der Waals surface area contributed by atoms with E-state index in [0.717, 1.165) is 10.6 Å². The summed E-state index contributed by atoms with van der Waals surface area (Å²) in [5.41, 5.74) is 1.33. The Morgan fingerprint density at radius 3 is 2.49 bits per heavy atom. The minimum atomic E-state index is -3.67. The molecule has 2 aromatic carbocycles. The van der Waals surface area contributed by atoms with Gasteiger partial charge in [-0.3, -0.25) is 9.69 Å². The highest BCUT2D eigenvalue weighted by Gasteiger charge is 2.29. The van der Waals surface area contributed by atoms with E-state index in [9.17, 15) is 13.2 Å². The molecule has 0 N–H and O–H groups in total. The lowest BCUT2D eigenvalue weighted by Gasteiger charge is -2.33. The zero-order valence-electron chi connectivity index (χ0n) is 18.8. The molecular formula is C23H22ClN5O4S2. The highest BCUT2D eigenvalue weighted by Crippen LogP contribution is 2.29. The number of piperazine rings is 1. The van der Waals surface area contributed by atoms with Gasteiger partial charge in [0.15, 0.2) is 0 Å². The molecular weight excluding hydrogens is 510 g/mol. The Labute approximate surface area is 211 Å². The van der Waals surface area contributed by atoms with Gasteiger partial charge in [0.05, 0.1) is 22.7 Å². The average molecular weight is 532 g/mol. The van der Waals surface area contributed by atoms with Crippen molar-refractivity contribution in [2.45, 2.75) is 11.4 Å². The Morgan fingerprint density at radius 2 is 1.80 bits per heavy atom. The lowest BCUT2D eigenvalue weighted by atomic mass is 10.2. The topological polar surface area (TPSA) is 97.1 Å². The lowest BCUT2D eigenvalue weighted by Crippen LogP contribution is -2.48. The first-order valence-electron chi connectivity index (χ1n) is 10.9. The number of hydrogen-bond acceptors (Lipinski definition) is 8. The number of methoxy groups -OCH3 is 1. The van der Waals surface area contributed by atoms with Gasteiger partial charge in [-0.2, -0.15) is 13.9 Å². The molecule has 182 valence electrons. The molecule has 0 spiro atoms.